The first-order valence-electron chi connectivity index (χ1n) is 8.08. The zero-order chi connectivity index (χ0) is 17.1. The summed E-state index contributed by atoms with van der Waals surface area (Å²) < 4.78 is 4.61. The number of thiophene rings is 1. The van der Waals surface area contributed by atoms with Gasteiger partial charge in [0.25, 0.3) is 0 Å². The minimum atomic E-state index is 0.660. The third kappa shape index (κ3) is 2.07. The second kappa shape index (κ2) is 5.06. The van der Waals surface area contributed by atoms with E-state index in [1.807, 2.05) is 17.8 Å². The van der Waals surface area contributed by atoms with Crippen LogP contribution in [0.15, 0.2) is 24.8 Å². The number of hydrogen-bond acceptors (Lipinski definition) is 6. The number of aryl methyl sites for hydroxylation is 3. The largest absolute Gasteiger partial charge is 0.272 e. The zero-order valence-electron chi connectivity index (χ0n) is 14.1. The Kier molecular flexibility index (Phi) is 2.93. The van der Waals surface area contributed by atoms with E-state index in [1.165, 1.54) is 5.56 Å². The van der Waals surface area contributed by atoms with Gasteiger partial charge in [0, 0.05) is 23.8 Å². The maximum atomic E-state index is 4.75. The summed E-state index contributed by atoms with van der Waals surface area (Å²) in [6.45, 7) is 6.99. The Morgan fingerprint density at radius 1 is 1.20 bits per heavy atom. The Labute approximate surface area is 147 Å². The molecule has 0 bridgehead atoms. The van der Waals surface area contributed by atoms with Crippen LogP contribution in [-0.4, -0.2) is 34.3 Å². The molecule has 0 aliphatic rings. The lowest BCUT2D eigenvalue weighted by Gasteiger charge is -1.98. The number of aromatic nitrogens is 7. The molecule has 0 radical (unpaired) electrons. The van der Waals surface area contributed by atoms with Gasteiger partial charge >= 0.3 is 0 Å². The average Bonchev–Trinajstić information content (AvgIpc) is 3.29. The van der Waals surface area contributed by atoms with Gasteiger partial charge in [0.05, 0.1) is 17.3 Å². The molecule has 25 heavy (non-hydrogen) atoms. The Bertz CT molecular complexity index is 1260. The molecule has 0 amide bonds. The third-order valence-electron chi connectivity index (χ3n) is 4.31. The molecule has 5 aromatic rings. The van der Waals surface area contributed by atoms with E-state index >= 15 is 0 Å². The lowest BCUT2D eigenvalue weighted by molar-refractivity contribution is 0.660. The molecule has 124 valence electrons. The summed E-state index contributed by atoms with van der Waals surface area (Å²) in [7, 11) is 0. The van der Waals surface area contributed by atoms with Crippen LogP contribution in [-0.2, 0) is 6.54 Å². The fourth-order valence-electron chi connectivity index (χ4n) is 3.14. The van der Waals surface area contributed by atoms with E-state index in [0.29, 0.717) is 5.82 Å². The molecule has 0 aliphatic carbocycles. The molecule has 7 nitrogen and oxygen atoms in total. The summed E-state index contributed by atoms with van der Waals surface area (Å²) in [5.41, 5.74) is 4.87. The van der Waals surface area contributed by atoms with Crippen LogP contribution in [0.2, 0.25) is 0 Å². The third-order valence-corrected chi connectivity index (χ3v) is 5.38. The summed E-state index contributed by atoms with van der Waals surface area (Å²) in [4.78, 5) is 15.0. The minimum absolute atomic E-state index is 0.660. The lowest BCUT2D eigenvalue weighted by atomic mass is 10.1. The molecule has 0 unspecified atom stereocenters. The molecule has 0 aliphatic heterocycles. The van der Waals surface area contributed by atoms with Crippen LogP contribution in [0.3, 0.4) is 0 Å². The van der Waals surface area contributed by atoms with Crippen molar-refractivity contribution in [2.24, 2.45) is 0 Å². The van der Waals surface area contributed by atoms with Crippen LogP contribution < -0.4 is 0 Å². The van der Waals surface area contributed by atoms with E-state index in [1.54, 1.807) is 28.4 Å². The van der Waals surface area contributed by atoms with Crippen molar-refractivity contribution in [2.45, 2.75) is 27.3 Å². The number of nitrogens with zero attached hydrogens (tertiary/aromatic N) is 7. The normalized spacial score (nSPS) is 12.0. The zero-order valence-corrected chi connectivity index (χ0v) is 14.9. The van der Waals surface area contributed by atoms with Gasteiger partial charge in [-0.3, -0.25) is 4.68 Å². The molecular weight excluding hydrogens is 334 g/mol. The predicted molar refractivity (Wildman–Crippen MR) is 97.8 cm³/mol. The van der Waals surface area contributed by atoms with Gasteiger partial charge in [-0.05, 0) is 32.4 Å². The van der Waals surface area contributed by atoms with E-state index in [-0.39, 0.29) is 0 Å². The van der Waals surface area contributed by atoms with Crippen molar-refractivity contribution in [3.05, 3.63) is 36.0 Å². The maximum absolute atomic E-state index is 4.75. The Hall–Kier alpha value is -2.87. The molecule has 0 atom stereocenters. The van der Waals surface area contributed by atoms with Crippen LogP contribution in [0.25, 0.3) is 37.5 Å². The Morgan fingerprint density at radius 3 is 2.88 bits per heavy atom. The highest BCUT2D eigenvalue weighted by Gasteiger charge is 2.17. The highest BCUT2D eigenvalue weighted by Crippen LogP contribution is 2.35. The highest BCUT2D eigenvalue weighted by molar-refractivity contribution is 7.26. The first kappa shape index (κ1) is 14.5. The van der Waals surface area contributed by atoms with Gasteiger partial charge < -0.3 is 0 Å². The second-order valence-corrected chi connectivity index (χ2v) is 7.07. The van der Waals surface area contributed by atoms with E-state index in [4.69, 9.17) is 4.98 Å². The highest BCUT2D eigenvalue weighted by atomic mass is 32.1. The molecule has 8 heteroatoms. The van der Waals surface area contributed by atoms with Crippen molar-refractivity contribution in [2.75, 3.05) is 0 Å². The van der Waals surface area contributed by atoms with Gasteiger partial charge in [0.1, 0.15) is 15.9 Å². The van der Waals surface area contributed by atoms with Crippen molar-refractivity contribution in [3.8, 4) is 11.4 Å². The van der Waals surface area contributed by atoms with E-state index in [0.717, 1.165) is 43.9 Å². The summed E-state index contributed by atoms with van der Waals surface area (Å²) >= 11 is 1.62. The molecule has 5 rings (SSSR count). The van der Waals surface area contributed by atoms with E-state index in [9.17, 15) is 0 Å². The Morgan fingerprint density at radius 2 is 2.08 bits per heavy atom. The van der Waals surface area contributed by atoms with Crippen LogP contribution in [0.5, 0.6) is 0 Å². The number of hydrogen-bond donors (Lipinski definition) is 0. The van der Waals surface area contributed by atoms with Crippen LogP contribution >= 0.6 is 11.3 Å². The quantitative estimate of drug-likeness (QED) is 0.488. The molecule has 0 fully saturated rings. The smallest absolute Gasteiger partial charge is 0.185 e. The fraction of sp³-hybridized carbons (Fsp3) is 0.235. The van der Waals surface area contributed by atoms with Gasteiger partial charge in [-0.2, -0.15) is 5.10 Å². The van der Waals surface area contributed by atoms with E-state index in [2.05, 4.69) is 40.1 Å². The Balaban J connectivity index is 1.81. The first-order chi connectivity index (χ1) is 12.1. The maximum Gasteiger partial charge on any atom is 0.185 e. The lowest BCUT2D eigenvalue weighted by Crippen LogP contribution is -1.92. The summed E-state index contributed by atoms with van der Waals surface area (Å²) in [6.07, 6.45) is 5.48. The van der Waals surface area contributed by atoms with Crippen LogP contribution in [0, 0.1) is 13.8 Å². The molecule has 0 spiro atoms. The molecular formula is C17H15N7S. The monoisotopic (exact) mass is 349 g/mol. The van der Waals surface area contributed by atoms with Crippen molar-refractivity contribution in [3.63, 3.8) is 0 Å². The van der Waals surface area contributed by atoms with Crippen LogP contribution in [0.4, 0.5) is 0 Å². The van der Waals surface area contributed by atoms with Gasteiger partial charge in [-0.15, -0.1) is 16.4 Å². The molecule has 0 aromatic carbocycles. The van der Waals surface area contributed by atoms with Gasteiger partial charge in [0.15, 0.2) is 11.5 Å². The number of fused-ring (bicyclic) bond motifs is 5. The molecule has 0 N–H and O–H groups in total. The minimum Gasteiger partial charge on any atom is -0.272 e. The topological polar surface area (TPSA) is 73.8 Å². The summed E-state index contributed by atoms with van der Waals surface area (Å²) in [5.74, 6) is 0.660. The summed E-state index contributed by atoms with van der Waals surface area (Å²) in [5, 5.41) is 9.98. The van der Waals surface area contributed by atoms with Gasteiger partial charge in [0.2, 0.25) is 0 Å². The first-order valence-corrected chi connectivity index (χ1v) is 8.90. The van der Waals surface area contributed by atoms with E-state index < -0.39 is 0 Å². The standard InChI is InChI=1S/C17H15N7S/c1-4-23-7-11(6-19-23)15-21-16-14-13(18-8-24(16)22-15)12-9(2)5-10(3)20-17(12)25-14/h5-8H,4H2,1-3H3. The molecule has 0 saturated carbocycles. The van der Waals surface area contributed by atoms with Crippen LogP contribution in [0.1, 0.15) is 18.2 Å². The predicted octanol–water partition coefficient (Wildman–Crippen LogP) is 3.39. The second-order valence-electron chi connectivity index (χ2n) is 6.07. The molecule has 5 aromatic heterocycles. The van der Waals surface area contributed by atoms with Crippen molar-refractivity contribution >= 4 is 37.4 Å². The van der Waals surface area contributed by atoms with Crippen molar-refractivity contribution in [1.29, 1.82) is 0 Å². The molecule has 5 heterocycles. The van der Waals surface area contributed by atoms with Crippen molar-refractivity contribution in [1.82, 2.24) is 34.3 Å². The number of rotatable bonds is 2. The van der Waals surface area contributed by atoms with Gasteiger partial charge in [-0.25, -0.2) is 19.5 Å². The van der Waals surface area contributed by atoms with Gasteiger partial charge in [-0.1, -0.05) is 0 Å². The molecule has 0 saturated heterocycles. The summed E-state index contributed by atoms with van der Waals surface area (Å²) in [6, 6.07) is 2.09. The number of pyridine rings is 1. The van der Waals surface area contributed by atoms with Crippen molar-refractivity contribution < 1.29 is 0 Å². The fourth-order valence-corrected chi connectivity index (χ4v) is 4.37. The SMILES string of the molecule is CCn1cc(-c2nc3c4sc5nc(C)cc(C)c5c4ncn3n2)cn1. The average molecular weight is 349 g/mol.